The first kappa shape index (κ1) is 18.1. The van der Waals surface area contributed by atoms with Gasteiger partial charge >= 0.3 is 0 Å². The van der Waals surface area contributed by atoms with Gasteiger partial charge in [-0.25, -0.2) is 0 Å². The number of ketones is 1. The molecule has 0 saturated carbocycles. The number of carbonyl (C=O) groups excluding carboxylic acids is 1. The lowest BCUT2D eigenvalue weighted by Gasteiger charge is -2.33. The third kappa shape index (κ3) is 3.38. The van der Waals surface area contributed by atoms with Crippen LogP contribution in [0.25, 0.3) is 21.5 Å². The Labute approximate surface area is 160 Å². The maximum Gasteiger partial charge on any atom is 0.139 e. The second-order valence-electron chi connectivity index (χ2n) is 7.48. The van der Waals surface area contributed by atoms with Crippen molar-refractivity contribution in [1.29, 1.82) is 0 Å². The van der Waals surface area contributed by atoms with Gasteiger partial charge in [-0.1, -0.05) is 48.5 Å². The molecule has 3 heteroatoms. The van der Waals surface area contributed by atoms with Crippen LogP contribution in [-0.2, 0) is 16.0 Å². The molecule has 1 aliphatic rings. The van der Waals surface area contributed by atoms with E-state index in [0.29, 0.717) is 6.61 Å². The van der Waals surface area contributed by atoms with Gasteiger partial charge in [0.2, 0.25) is 0 Å². The van der Waals surface area contributed by atoms with Crippen molar-refractivity contribution in [2.75, 3.05) is 13.2 Å². The first-order valence-corrected chi connectivity index (χ1v) is 9.87. The largest absolute Gasteiger partial charge is 0.396 e. The van der Waals surface area contributed by atoms with Crippen LogP contribution in [0.5, 0.6) is 0 Å². The van der Waals surface area contributed by atoms with Crippen LogP contribution >= 0.6 is 0 Å². The Hall–Kier alpha value is -2.23. The zero-order valence-corrected chi connectivity index (χ0v) is 15.8. The smallest absolute Gasteiger partial charge is 0.139 e. The lowest BCUT2D eigenvalue weighted by molar-refractivity contribution is -0.122. The zero-order chi connectivity index (χ0) is 18.8. The van der Waals surface area contributed by atoms with Crippen molar-refractivity contribution >= 4 is 27.3 Å². The predicted molar refractivity (Wildman–Crippen MR) is 109 cm³/mol. The molecule has 1 aliphatic carbocycles. The van der Waals surface area contributed by atoms with Crippen LogP contribution in [0.4, 0.5) is 0 Å². The van der Waals surface area contributed by atoms with Crippen LogP contribution in [0, 0.1) is 0 Å². The van der Waals surface area contributed by atoms with E-state index in [1.54, 1.807) is 6.92 Å². The van der Waals surface area contributed by atoms with Crippen molar-refractivity contribution in [3.63, 3.8) is 0 Å². The average Bonchev–Trinajstić information content (AvgIpc) is 2.70. The van der Waals surface area contributed by atoms with Crippen molar-refractivity contribution in [2.24, 2.45) is 0 Å². The van der Waals surface area contributed by atoms with Gasteiger partial charge in [-0.05, 0) is 65.3 Å². The van der Waals surface area contributed by atoms with E-state index in [4.69, 9.17) is 9.84 Å². The lowest BCUT2D eigenvalue weighted by atomic mass is 9.76. The van der Waals surface area contributed by atoms with E-state index < -0.39 is 0 Å². The summed E-state index contributed by atoms with van der Waals surface area (Å²) in [5.74, 6) is -0.0259. The molecule has 3 aromatic rings. The predicted octanol–water partition coefficient (Wildman–Crippen LogP) is 4.77. The minimum Gasteiger partial charge on any atom is -0.396 e. The van der Waals surface area contributed by atoms with Gasteiger partial charge in [-0.3, -0.25) is 4.79 Å². The van der Waals surface area contributed by atoms with Crippen LogP contribution in [-0.4, -0.2) is 30.2 Å². The minimum absolute atomic E-state index is 0.0633. The SMILES string of the molecule is CC(=O)C1c2ccc3c(ccc4ccccc43)c2CCC1OCCCCO. The van der Waals surface area contributed by atoms with E-state index in [-0.39, 0.29) is 24.4 Å². The highest BCUT2D eigenvalue weighted by molar-refractivity contribution is 6.09. The molecule has 27 heavy (non-hydrogen) atoms. The number of unbranched alkanes of at least 4 members (excludes halogenated alkanes) is 1. The van der Waals surface area contributed by atoms with E-state index >= 15 is 0 Å². The Kier molecular flexibility index (Phi) is 5.24. The number of aliphatic hydroxyl groups excluding tert-OH is 1. The molecule has 2 atom stereocenters. The Morgan fingerprint density at radius 1 is 1.04 bits per heavy atom. The van der Waals surface area contributed by atoms with Crippen LogP contribution in [0.2, 0.25) is 0 Å². The van der Waals surface area contributed by atoms with Gasteiger partial charge in [0.15, 0.2) is 0 Å². The molecule has 140 valence electrons. The monoisotopic (exact) mass is 362 g/mol. The quantitative estimate of drug-likeness (QED) is 0.507. The van der Waals surface area contributed by atoms with Crippen molar-refractivity contribution in [2.45, 2.75) is 44.6 Å². The highest BCUT2D eigenvalue weighted by Gasteiger charge is 2.34. The zero-order valence-electron chi connectivity index (χ0n) is 15.8. The van der Waals surface area contributed by atoms with Gasteiger partial charge in [0.1, 0.15) is 5.78 Å². The molecule has 4 rings (SSSR count). The molecule has 2 unspecified atom stereocenters. The number of rotatable bonds is 6. The van der Waals surface area contributed by atoms with Crippen molar-refractivity contribution < 1.29 is 14.6 Å². The maximum atomic E-state index is 12.5. The number of carbonyl (C=O) groups is 1. The van der Waals surface area contributed by atoms with Crippen molar-refractivity contribution in [1.82, 2.24) is 0 Å². The first-order valence-electron chi connectivity index (χ1n) is 9.87. The van der Waals surface area contributed by atoms with Crippen LogP contribution in [0.15, 0.2) is 48.5 Å². The molecule has 1 N–H and O–H groups in total. The van der Waals surface area contributed by atoms with E-state index in [0.717, 1.165) is 31.2 Å². The average molecular weight is 362 g/mol. The summed E-state index contributed by atoms with van der Waals surface area (Å²) in [7, 11) is 0. The molecule has 0 bridgehead atoms. The normalized spacial score (nSPS) is 19.3. The molecule has 0 radical (unpaired) electrons. The molecule has 0 aliphatic heterocycles. The molecule has 0 saturated heterocycles. The molecule has 0 amide bonds. The molecular weight excluding hydrogens is 336 g/mol. The number of benzene rings is 3. The number of hydrogen-bond donors (Lipinski definition) is 1. The lowest BCUT2D eigenvalue weighted by Crippen LogP contribution is -2.33. The standard InChI is InChI=1S/C24H26O3/c1-16(26)24-22-11-10-19-18-7-3-2-6-17(18)8-9-20(19)21(22)12-13-23(24)27-15-5-4-14-25/h2-3,6-11,23-25H,4-5,12-15H2,1H3. The summed E-state index contributed by atoms with van der Waals surface area (Å²) in [6, 6.07) is 17.1. The Morgan fingerprint density at radius 2 is 1.85 bits per heavy atom. The number of ether oxygens (including phenoxy) is 1. The van der Waals surface area contributed by atoms with Crippen molar-refractivity contribution in [3.05, 3.63) is 59.7 Å². The Bertz CT molecular complexity index is 976. The summed E-state index contributed by atoms with van der Waals surface area (Å²) in [6.07, 6.45) is 3.30. The highest BCUT2D eigenvalue weighted by atomic mass is 16.5. The molecule has 0 heterocycles. The maximum absolute atomic E-state index is 12.5. The molecule has 0 fully saturated rings. The number of aliphatic hydroxyl groups is 1. The molecule has 3 nitrogen and oxygen atoms in total. The third-order valence-corrected chi connectivity index (χ3v) is 5.78. The highest BCUT2D eigenvalue weighted by Crippen LogP contribution is 2.39. The minimum atomic E-state index is -0.196. The van der Waals surface area contributed by atoms with Gasteiger partial charge in [-0.15, -0.1) is 0 Å². The van der Waals surface area contributed by atoms with Crippen molar-refractivity contribution in [3.8, 4) is 0 Å². The van der Waals surface area contributed by atoms with Gasteiger partial charge in [-0.2, -0.15) is 0 Å². The van der Waals surface area contributed by atoms with E-state index in [1.165, 1.54) is 27.1 Å². The topological polar surface area (TPSA) is 46.5 Å². The molecule has 0 aromatic heterocycles. The molecular formula is C24H26O3. The van der Waals surface area contributed by atoms with E-state index in [9.17, 15) is 4.79 Å². The fourth-order valence-corrected chi connectivity index (χ4v) is 4.50. The summed E-state index contributed by atoms with van der Waals surface area (Å²) in [5, 5.41) is 14.0. The summed E-state index contributed by atoms with van der Waals surface area (Å²) in [4.78, 5) is 12.5. The molecule has 3 aromatic carbocycles. The number of hydrogen-bond acceptors (Lipinski definition) is 3. The molecule has 0 spiro atoms. The summed E-state index contributed by atoms with van der Waals surface area (Å²) < 4.78 is 6.07. The fourth-order valence-electron chi connectivity index (χ4n) is 4.50. The second-order valence-corrected chi connectivity index (χ2v) is 7.48. The van der Waals surface area contributed by atoms with E-state index in [1.807, 2.05) is 0 Å². The number of Topliss-reactive ketones (excluding diaryl/α,β-unsaturated/α-hetero) is 1. The number of aryl methyl sites for hydroxylation is 1. The second kappa shape index (κ2) is 7.79. The van der Waals surface area contributed by atoms with Crippen LogP contribution < -0.4 is 0 Å². The van der Waals surface area contributed by atoms with Crippen LogP contribution in [0.3, 0.4) is 0 Å². The van der Waals surface area contributed by atoms with Gasteiger partial charge in [0.25, 0.3) is 0 Å². The number of fused-ring (bicyclic) bond motifs is 5. The summed E-state index contributed by atoms with van der Waals surface area (Å²) in [5.41, 5.74) is 2.43. The van der Waals surface area contributed by atoms with Gasteiger partial charge in [0, 0.05) is 13.2 Å². The van der Waals surface area contributed by atoms with Gasteiger partial charge in [0.05, 0.1) is 12.0 Å². The third-order valence-electron chi connectivity index (χ3n) is 5.78. The Morgan fingerprint density at radius 3 is 2.67 bits per heavy atom. The first-order chi connectivity index (χ1) is 13.2. The summed E-state index contributed by atoms with van der Waals surface area (Å²) in [6.45, 7) is 2.46. The Balaban J connectivity index is 1.74. The van der Waals surface area contributed by atoms with Gasteiger partial charge < -0.3 is 9.84 Å². The fraction of sp³-hybridized carbons (Fsp3) is 0.375. The van der Waals surface area contributed by atoms with Crippen LogP contribution in [0.1, 0.15) is 43.2 Å². The van der Waals surface area contributed by atoms with E-state index in [2.05, 4.69) is 48.5 Å². The summed E-state index contributed by atoms with van der Waals surface area (Å²) >= 11 is 0.